The smallest absolute Gasteiger partial charge is 0.397 e. The molecular formula is C37H56O34S4. The number of aliphatic hydroxyl groups is 1. The van der Waals surface area contributed by atoms with Gasteiger partial charge in [-0.2, -0.15) is 8.42 Å². The van der Waals surface area contributed by atoms with Crippen molar-refractivity contribution in [3.05, 3.63) is 35.9 Å². The van der Waals surface area contributed by atoms with Gasteiger partial charge in [-0.15, -0.1) is 13.0 Å². The molecule has 5 rings (SSSR count). The first kappa shape index (κ1) is 63.9. The number of carboxylic acid groups (broad SMARTS) is 2. The van der Waals surface area contributed by atoms with Crippen molar-refractivity contribution in [3.8, 4) is 0 Å². The van der Waals surface area contributed by atoms with Gasteiger partial charge in [-0.3, -0.25) is 17.1 Å². The van der Waals surface area contributed by atoms with Gasteiger partial charge in [0.1, 0.15) is 73.2 Å². The van der Waals surface area contributed by atoms with E-state index >= 15 is 0 Å². The van der Waals surface area contributed by atoms with Crippen LogP contribution < -0.4 is 0 Å². The van der Waals surface area contributed by atoms with Crippen LogP contribution in [0.1, 0.15) is 12.5 Å². The first-order valence-corrected chi connectivity index (χ1v) is 24.9. The van der Waals surface area contributed by atoms with Crippen molar-refractivity contribution in [2.24, 2.45) is 5.92 Å². The summed E-state index contributed by atoms with van der Waals surface area (Å²) in [6.45, 7) is 0.0157. The molecule has 0 amide bonds. The number of hydrogen-bond donors (Lipinski definition) is 7. The number of benzene rings is 1. The Bertz CT molecular complexity index is 1940. The first-order valence-electron chi connectivity index (χ1n) is 21.5. The summed E-state index contributed by atoms with van der Waals surface area (Å²) in [7, 11) is 0.583. The lowest BCUT2D eigenvalue weighted by Crippen LogP contribution is -2.68. The maximum Gasteiger partial charge on any atom is 0.397 e. The van der Waals surface area contributed by atoms with Gasteiger partial charge in [0, 0.05) is 41.5 Å². The maximum atomic E-state index is 13.3. The quantitative estimate of drug-likeness (QED) is 0.0165. The van der Waals surface area contributed by atoms with E-state index in [9.17, 15) is 37.9 Å². The Balaban J connectivity index is 1.50. The van der Waals surface area contributed by atoms with Crippen LogP contribution in [-0.4, -0.2) is 221 Å². The van der Waals surface area contributed by atoms with Crippen LogP contribution >= 0.6 is 37.0 Å². The second-order valence-electron chi connectivity index (χ2n) is 15.8. The Morgan fingerprint density at radius 3 is 1.56 bits per heavy atom. The zero-order valence-electron chi connectivity index (χ0n) is 39.8. The van der Waals surface area contributed by atoms with E-state index < -0.39 is 152 Å². The van der Waals surface area contributed by atoms with E-state index in [0.717, 1.165) is 26.9 Å². The van der Waals surface area contributed by atoms with Gasteiger partial charge in [0.25, 0.3) is 0 Å². The van der Waals surface area contributed by atoms with Crippen LogP contribution in [0.3, 0.4) is 0 Å². The standard InChI is InChI=1S/C37H56O34S4/c1-15-20(63-72-69-66-43)21(58-36-29(51-4)23(49-2)19(38)24(60-36)32(39)40)18(14-55-75(46,47)48)56-34(15)61-26-25(50-3)30(52-5)37(62-28(26)33(41)42)59-22-17(13-54-12-16-10-8-7-9-11-16)57-35(53-6)31(65-74-71-68-45)27(22)64-73-70-67-44/h7-11,15,17-31,34-38,43-45H,12-14H2,1-6H3,(H,39,40)(H,41,42)(H,46,47,48)/t15?,17?,18-,19-,20?,21+,22+,23-,24?,25?,26-,27-,28+,29?,30?,31?,34+,35+,36+,37+/m0/s1. The third-order valence-electron chi connectivity index (χ3n) is 11.6. The topological polar surface area (TPSA) is 422 Å². The van der Waals surface area contributed by atoms with Gasteiger partial charge >= 0.3 is 22.3 Å². The summed E-state index contributed by atoms with van der Waals surface area (Å²) >= 11 is 0.141. The normalized spacial score (nSPS) is 36.6. The molecule has 34 nitrogen and oxygen atoms in total. The summed E-state index contributed by atoms with van der Waals surface area (Å²) in [6.07, 6.45) is -31.0. The van der Waals surface area contributed by atoms with Crippen LogP contribution in [0.5, 0.6) is 0 Å². The van der Waals surface area contributed by atoms with Crippen LogP contribution in [0.15, 0.2) is 30.3 Å². The molecule has 0 spiro atoms. The summed E-state index contributed by atoms with van der Waals surface area (Å²) in [5.41, 5.74) is 0.756. The van der Waals surface area contributed by atoms with Crippen LogP contribution in [-0.2, 0) is 133 Å². The van der Waals surface area contributed by atoms with Crippen LogP contribution in [0.4, 0.5) is 0 Å². The summed E-state index contributed by atoms with van der Waals surface area (Å²) in [6, 6.07) is 8.94. The molecule has 4 aliphatic rings. The number of hydrogen-bond acceptors (Lipinski definition) is 34. The van der Waals surface area contributed by atoms with Crippen molar-refractivity contribution < 1.29 is 160 Å². The van der Waals surface area contributed by atoms with Crippen molar-refractivity contribution in [1.29, 1.82) is 0 Å². The molecule has 38 heteroatoms. The average Bonchev–Trinajstić information content (AvgIpc) is 3.38. The van der Waals surface area contributed by atoms with E-state index in [0.29, 0.717) is 0 Å². The predicted molar refractivity (Wildman–Crippen MR) is 235 cm³/mol. The Labute approximate surface area is 438 Å². The van der Waals surface area contributed by atoms with E-state index in [1.54, 1.807) is 30.3 Å². The molecule has 0 radical (unpaired) electrons. The second kappa shape index (κ2) is 31.7. The predicted octanol–water partition coefficient (Wildman–Crippen LogP) is 0.0592. The van der Waals surface area contributed by atoms with E-state index in [4.69, 9.17) is 89.9 Å². The molecule has 4 fully saturated rings. The molecule has 1 aromatic rings. The number of ether oxygens (including phenoxy) is 13. The zero-order valence-corrected chi connectivity index (χ0v) is 43.1. The summed E-state index contributed by atoms with van der Waals surface area (Å²) in [5, 5.41) is 69.0. The molecular weight excluding hydrogens is 1120 g/mol. The van der Waals surface area contributed by atoms with Gasteiger partial charge in [-0.1, -0.05) is 52.4 Å². The number of carbonyl (C=O) groups is 2. The Morgan fingerprint density at radius 1 is 0.560 bits per heavy atom. The van der Waals surface area contributed by atoms with Crippen molar-refractivity contribution in [2.45, 2.75) is 130 Å². The largest absolute Gasteiger partial charge is 0.479 e. The maximum absolute atomic E-state index is 13.3. The highest BCUT2D eigenvalue weighted by molar-refractivity contribution is 7.90. The summed E-state index contributed by atoms with van der Waals surface area (Å²) in [5.74, 6) is -4.60. The molecule has 4 heterocycles. The van der Waals surface area contributed by atoms with Gasteiger partial charge in [-0.25, -0.2) is 29.5 Å². The molecule has 0 aliphatic carbocycles. The van der Waals surface area contributed by atoms with Crippen molar-refractivity contribution in [3.63, 3.8) is 0 Å². The number of methoxy groups -OCH3 is 5. The van der Waals surface area contributed by atoms with Gasteiger partial charge in [0.05, 0.1) is 19.8 Å². The minimum atomic E-state index is -5.27. The molecule has 4 saturated heterocycles. The number of carboxylic acids is 2. The molecule has 75 heavy (non-hydrogen) atoms. The van der Waals surface area contributed by atoms with Crippen molar-refractivity contribution in [2.75, 3.05) is 48.8 Å². The summed E-state index contributed by atoms with van der Waals surface area (Å²) < 4.78 is 146. The van der Waals surface area contributed by atoms with E-state index in [1.807, 2.05) is 0 Å². The Kier molecular flexibility index (Phi) is 27.0. The van der Waals surface area contributed by atoms with E-state index in [1.165, 1.54) is 21.1 Å². The molecule has 432 valence electrons. The monoisotopic (exact) mass is 1170 g/mol. The van der Waals surface area contributed by atoms with Crippen molar-refractivity contribution >= 4 is 59.3 Å². The molecule has 0 saturated carbocycles. The van der Waals surface area contributed by atoms with Crippen LogP contribution in [0, 0.1) is 5.92 Å². The zero-order chi connectivity index (χ0) is 54.8. The van der Waals surface area contributed by atoms with Gasteiger partial charge in [0.2, 0.25) is 0 Å². The van der Waals surface area contributed by atoms with E-state index in [-0.39, 0.29) is 50.2 Å². The second-order valence-corrected chi connectivity index (χ2v) is 18.3. The lowest BCUT2D eigenvalue weighted by molar-refractivity contribution is -0.436. The molecule has 4 aliphatic heterocycles. The highest BCUT2D eigenvalue weighted by atomic mass is 32.3. The van der Waals surface area contributed by atoms with Gasteiger partial charge in [-0.05, 0) is 5.56 Å². The number of rotatable bonds is 32. The minimum Gasteiger partial charge on any atom is -0.479 e. The molecule has 0 aromatic heterocycles. The van der Waals surface area contributed by atoms with Gasteiger partial charge < -0.3 is 76.9 Å². The highest BCUT2D eigenvalue weighted by Crippen LogP contribution is 2.41. The lowest BCUT2D eigenvalue weighted by atomic mass is 9.91. The number of aliphatic carboxylic acids is 2. The minimum absolute atomic E-state index is 0.0144. The fraction of sp³-hybridized carbons (Fsp3) is 0.784. The van der Waals surface area contributed by atoms with Crippen LogP contribution in [0.2, 0.25) is 0 Å². The SMILES string of the molecule is COC1C(OC)[C@H](O[C@H]2O[C@@H](COS(=O)(=O)O)[C@@H](O[C@@H]3OC(C(=O)O)[C@@H](O)[C@H](OC)C3OC)C(OSOOO)C2C)[C@H](C(=O)O)O[C@H]1O[C@@H]1C(COCc2ccccc2)O[C@@H](OC)C(OSOOO)[C@H]1OSOOO. The van der Waals surface area contributed by atoms with Gasteiger partial charge in [0.15, 0.2) is 80.4 Å². The Morgan fingerprint density at radius 2 is 1.04 bits per heavy atom. The van der Waals surface area contributed by atoms with Crippen LogP contribution in [0.25, 0.3) is 0 Å². The Hall–Kier alpha value is -1.96. The highest BCUT2D eigenvalue weighted by Gasteiger charge is 2.59. The number of aliphatic hydroxyl groups excluding tert-OH is 1. The average molecular weight is 1170 g/mol. The molecule has 0 bridgehead atoms. The third kappa shape index (κ3) is 17.3. The third-order valence-corrected chi connectivity index (χ3v) is 13.3. The molecule has 1 aromatic carbocycles. The molecule has 7 N–H and O–H groups in total. The fourth-order valence-electron chi connectivity index (χ4n) is 8.36. The molecule has 20 atom stereocenters. The lowest BCUT2D eigenvalue weighted by Gasteiger charge is -2.50. The fourth-order valence-corrected chi connectivity index (χ4v) is 9.82. The summed E-state index contributed by atoms with van der Waals surface area (Å²) in [4.78, 5) is 25.5. The first-order chi connectivity index (χ1) is 36.0. The van der Waals surface area contributed by atoms with Crippen molar-refractivity contribution in [1.82, 2.24) is 0 Å². The molecule has 8 unspecified atom stereocenters. The van der Waals surface area contributed by atoms with E-state index in [2.05, 4.69) is 32.3 Å².